The monoisotopic (exact) mass is 461 g/mol. The van der Waals surface area contributed by atoms with Gasteiger partial charge in [-0.15, -0.1) is 0 Å². The van der Waals surface area contributed by atoms with Gasteiger partial charge in [0.25, 0.3) is 10.0 Å². The Hall–Kier alpha value is -2.59. The normalized spacial score (nSPS) is 18.7. The lowest BCUT2D eigenvalue weighted by Crippen LogP contribution is -2.52. The van der Waals surface area contributed by atoms with Gasteiger partial charge in [0, 0.05) is 57.9 Å². The van der Waals surface area contributed by atoms with Gasteiger partial charge in [-0.2, -0.15) is 4.31 Å². The number of carbonyl (C=O) groups is 1. The fourth-order valence-electron chi connectivity index (χ4n) is 4.44. The third-order valence-electron chi connectivity index (χ3n) is 6.40. The second-order valence-corrected chi connectivity index (χ2v) is 10.1. The number of imidazole rings is 1. The fraction of sp³-hybridized carbons (Fsp3) is 0.545. The number of ether oxygens (including phenoxy) is 1. The average molecular weight is 462 g/mol. The molecule has 1 aromatic carbocycles. The number of anilines is 1. The molecule has 0 radical (unpaired) electrons. The maximum absolute atomic E-state index is 13.1. The standard InChI is InChI=1S/C22H31N5O4S/c1-3-24-16-21(23-17-24)32(29,30)27-10-8-18(9-11-27)22(28)26-14-12-25(13-15-26)19-6-4-5-7-20(19)31-2/h4-7,16-18H,3,8-15H2,1-2H3. The minimum Gasteiger partial charge on any atom is -0.495 e. The van der Waals surface area contributed by atoms with Crippen molar-refractivity contribution >= 4 is 21.6 Å². The Bertz CT molecular complexity index is 1040. The number of para-hydroxylation sites is 2. The smallest absolute Gasteiger partial charge is 0.262 e. The lowest BCUT2D eigenvalue weighted by Gasteiger charge is -2.39. The molecule has 3 heterocycles. The van der Waals surface area contributed by atoms with E-state index in [2.05, 4.69) is 9.88 Å². The Morgan fingerprint density at radius 3 is 2.41 bits per heavy atom. The number of sulfonamides is 1. The minimum absolute atomic E-state index is 0.0802. The predicted molar refractivity (Wildman–Crippen MR) is 121 cm³/mol. The van der Waals surface area contributed by atoms with E-state index in [0.29, 0.717) is 45.6 Å². The average Bonchev–Trinajstić information content (AvgIpc) is 3.34. The van der Waals surface area contributed by atoms with Crippen LogP contribution in [0.15, 0.2) is 41.8 Å². The summed E-state index contributed by atoms with van der Waals surface area (Å²) < 4.78 is 34.4. The first kappa shape index (κ1) is 22.6. The van der Waals surface area contributed by atoms with Gasteiger partial charge in [0.15, 0.2) is 5.03 Å². The molecule has 1 amide bonds. The Morgan fingerprint density at radius 2 is 1.78 bits per heavy atom. The van der Waals surface area contributed by atoms with E-state index in [1.165, 1.54) is 10.6 Å². The first-order chi connectivity index (χ1) is 15.4. The highest BCUT2D eigenvalue weighted by molar-refractivity contribution is 7.89. The maximum Gasteiger partial charge on any atom is 0.262 e. The van der Waals surface area contributed by atoms with E-state index in [-0.39, 0.29) is 16.9 Å². The van der Waals surface area contributed by atoms with E-state index in [1.807, 2.05) is 36.1 Å². The molecule has 1 aromatic heterocycles. The molecule has 2 aromatic rings. The van der Waals surface area contributed by atoms with Gasteiger partial charge >= 0.3 is 0 Å². The zero-order chi connectivity index (χ0) is 22.7. The first-order valence-corrected chi connectivity index (χ1v) is 12.6. The summed E-state index contributed by atoms with van der Waals surface area (Å²) in [5.41, 5.74) is 1.05. The molecule has 2 aliphatic rings. The van der Waals surface area contributed by atoms with Crippen molar-refractivity contribution in [2.24, 2.45) is 5.92 Å². The number of hydrogen-bond donors (Lipinski definition) is 0. The number of methoxy groups -OCH3 is 1. The largest absolute Gasteiger partial charge is 0.495 e. The number of piperazine rings is 1. The molecule has 2 saturated heterocycles. The number of aryl methyl sites for hydroxylation is 1. The number of rotatable bonds is 6. The van der Waals surface area contributed by atoms with Gasteiger partial charge in [-0.25, -0.2) is 13.4 Å². The molecule has 32 heavy (non-hydrogen) atoms. The van der Waals surface area contributed by atoms with Gasteiger partial charge in [0.2, 0.25) is 5.91 Å². The molecule has 0 spiro atoms. The van der Waals surface area contributed by atoms with Crippen molar-refractivity contribution in [3.8, 4) is 5.75 Å². The van der Waals surface area contributed by atoms with Crippen molar-refractivity contribution in [3.63, 3.8) is 0 Å². The summed E-state index contributed by atoms with van der Waals surface area (Å²) in [5, 5.41) is 0.0802. The van der Waals surface area contributed by atoms with Crippen molar-refractivity contribution in [3.05, 3.63) is 36.8 Å². The summed E-state index contributed by atoms with van der Waals surface area (Å²) in [6.07, 6.45) is 4.18. The maximum atomic E-state index is 13.1. The molecule has 0 unspecified atom stereocenters. The van der Waals surface area contributed by atoms with Crippen LogP contribution in [0.4, 0.5) is 5.69 Å². The summed E-state index contributed by atoms with van der Waals surface area (Å²) in [6.45, 7) is 6.11. The van der Waals surface area contributed by atoms with Crippen LogP contribution in [0.2, 0.25) is 0 Å². The molecular formula is C22H31N5O4S. The number of aromatic nitrogens is 2. The van der Waals surface area contributed by atoms with E-state index in [1.54, 1.807) is 17.9 Å². The van der Waals surface area contributed by atoms with Crippen LogP contribution >= 0.6 is 0 Å². The predicted octanol–water partition coefficient (Wildman–Crippen LogP) is 1.66. The van der Waals surface area contributed by atoms with E-state index in [0.717, 1.165) is 24.5 Å². The van der Waals surface area contributed by atoms with Crippen LogP contribution in [-0.2, 0) is 21.4 Å². The number of piperidine rings is 1. The van der Waals surface area contributed by atoms with Gasteiger partial charge in [-0.1, -0.05) is 12.1 Å². The minimum atomic E-state index is -3.61. The number of carbonyl (C=O) groups excluding carboxylic acids is 1. The summed E-state index contributed by atoms with van der Waals surface area (Å²) in [4.78, 5) is 21.3. The lowest BCUT2D eigenvalue weighted by atomic mass is 9.96. The zero-order valence-corrected chi connectivity index (χ0v) is 19.5. The van der Waals surface area contributed by atoms with Crippen LogP contribution in [0.1, 0.15) is 19.8 Å². The molecule has 0 N–H and O–H groups in total. The Balaban J connectivity index is 1.31. The molecule has 0 saturated carbocycles. The molecular weight excluding hydrogens is 430 g/mol. The van der Waals surface area contributed by atoms with Crippen molar-refractivity contribution in [2.75, 3.05) is 51.3 Å². The first-order valence-electron chi connectivity index (χ1n) is 11.1. The summed E-state index contributed by atoms with van der Waals surface area (Å²) in [7, 11) is -1.94. The van der Waals surface area contributed by atoms with Crippen molar-refractivity contribution in [1.29, 1.82) is 0 Å². The molecule has 0 aliphatic carbocycles. The number of nitrogens with zero attached hydrogens (tertiary/aromatic N) is 5. The summed E-state index contributed by atoms with van der Waals surface area (Å²) in [5.74, 6) is 0.842. The van der Waals surface area contributed by atoms with Crippen LogP contribution in [0.5, 0.6) is 5.75 Å². The molecule has 2 aliphatic heterocycles. The van der Waals surface area contributed by atoms with Crippen LogP contribution in [0.25, 0.3) is 0 Å². The van der Waals surface area contributed by atoms with Gasteiger partial charge in [0.05, 0.1) is 19.1 Å². The van der Waals surface area contributed by atoms with Gasteiger partial charge in [-0.3, -0.25) is 4.79 Å². The van der Waals surface area contributed by atoms with Gasteiger partial charge in [-0.05, 0) is 31.9 Å². The molecule has 4 rings (SSSR count). The van der Waals surface area contributed by atoms with E-state index >= 15 is 0 Å². The highest BCUT2D eigenvalue weighted by Gasteiger charge is 2.35. The fourth-order valence-corrected chi connectivity index (χ4v) is 5.84. The van der Waals surface area contributed by atoms with Crippen LogP contribution in [0, 0.1) is 5.92 Å². The van der Waals surface area contributed by atoms with E-state index < -0.39 is 10.0 Å². The van der Waals surface area contributed by atoms with E-state index in [4.69, 9.17) is 4.74 Å². The second-order valence-electron chi connectivity index (χ2n) is 8.20. The highest BCUT2D eigenvalue weighted by atomic mass is 32.2. The Morgan fingerprint density at radius 1 is 1.09 bits per heavy atom. The lowest BCUT2D eigenvalue weighted by molar-refractivity contribution is -0.137. The molecule has 0 atom stereocenters. The van der Waals surface area contributed by atoms with Gasteiger partial charge in [0.1, 0.15) is 5.75 Å². The second kappa shape index (κ2) is 9.50. The summed E-state index contributed by atoms with van der Waals surface area (Å²) in [6, 6.07) is 7.92. The number of hydrogen-bond acceptors (Lipinski definition) is 6. The van der Waals surface area contributed by atoms with Crippen LogP contribution in [-0.4, -0.2) is 79.5 Å². The quantitative estimate of drug-likeness (QED) is 0.650. The Kier molecular flexibility index (Phi) is 6.71. The van der Waals surface area contributed by atoms with Gasteiger partial charge < -0.3 is 19.1 Å². The number of amides is 1. The molecule has 0 bridgehead atoms. The summed E-state index contributed by atoms with van der Waals surface area (Å²) >= 11 is 0. The van der Waals surface area contributed by atoms with Crippen molar-refractivity contribution in [1.82, 2.24) is 18.8 Å². The SMILES string of the molecule is CCn1cnc(S(=O)(=O)N2CCC(C(=O)N3CCN(c4ccccc4OC)CC3)CC2)c1. The van der Waals surface area contributed by atoms with Crippen molar-refractivity contribution in [2.45, 2.75) is 31.3 Å². The molecule has 2 fully saturated rings. The van der Waals surface area contributed by atoms with Crippen molar-refractivity contribution < 1.29 is 17.9 Å². The van der Waals surface area contributed by atoms with E-state index in [9.17, 15) is 13.2 Å². The number of benzene rings is 1. The molecule has 10 heteroatoms. The van der Waals surface area contributed by atoms with Crippen LogP contribution < -0.4 is 9.64 Å². The third-order valence-corrected chi connectivity index (χ3v) is 8.18. The molecule has 9 nitrogen and oxygen atoms in total. The third kappa shape index (κ3) is 4.47. The van der Waals surface area contributed by atoms with Crippen LogP contribution in [0.3, 0.4) is 0 Å². The highest BCUT2D eigenvalue weighted by Crippen LogP contribution is 2.29. The Labute approximate surface area is 189 Å². The zero-order valence-electron chi connectivity index (χ0n) is 18.7. The topological polar surface area (TPSA) is 88.0 Å². The molecule has 174 valence electrons.